The Hall–Kier alpha value is -1.95. The maximum Gasteiger partial charge on any atom is 0.180 e. The van der Waals surface area contributed by atoms with E-state index in [0.717, 1.165) is 16.7 Å². The number of aromatic nitrogens is 3. The van der Waals surface area contributed by atoms with Crippen LogP contribution in [0, 0.1) is 19.7 Å². The van der Waals surface area contributed by atoms with Gasteiger partial charge in [0.05, 0.1) is 10.7 Å². The Bertz CT molecular complexity index is 972. The molecule has 136 valence electrons. The number of hydrogen-bond acceptors (Lipinski definition) is 3. The molecule has 0 aliphatic heterocycles. The van der Waals surface area contributed by atoms with Gasteiger partial charge in [0.1, 0.15) is 11.9 Å². The Balaban J connectivity index is 2.25. The average Bonchev–Trinajstić information content (AvgIpc) is 3.05. The summed E-state index contributed by atoms with van der Waals surface area (Å²) in [7, 11) is 1.59. The highest BCUT2D eigenvalue weighted by Crippen LogP contribution is 2.31. The second-order valence-corrected chi connectivity index (χ2v) is 6.91. The molecule has 1 atom stereocenters. The molecule has 1 unspecified atom stereocenters. The van der Waals surface area contributed by atoms with Crippen molar-refractivity contribution in [2.24, 2.45) is 0 Å². The highest BCUT2D eigenvalue weighted by molar-refractivity contribution is 6.31. The van der Waals surface area contributed by atoms with Crippen molar-refractivity contribution in [3.8, 4) is 17.1 Å². The normalized spacial score (nSPS) is 12.4. The van der Waals surface area contributed by atoms with Crippen LogP contribution >= 0.6 is 23.2 Å². The molecule has 2 aromatic carbocycles. The Labute approximate surface area is 161 Å². The lowest BCUT2D eigenvalue weighted by atomic mass is 10.0. The summed E-state index contributed by atoms with van der Waals surface area (Å²) in [6, 6.07) is 8.36. The molecule has 1 heterocycles. The van der Waals surface area contributed by atoms with E-state index in [2.05, 4.69) is 10.1 Å². The van der Waals surface area contributed by atoms with E-state index in [4.69, 9.17) is 27.9 Å². The first-order chi connectivity index (χ1) is 12.3. The maximum absolute atomic E-state index is 14.0. The van der Waals surface area contributed by atoms with Crippen LogP contribution in [0.15, 0.2) is 30.3 Å². The van der Waals surface area contributed by atoms with Gasteiger partial charge in [-0.1, -0.05) is 23.2 Å². The molecule has 0 aliphatic rings. The lowest BCUT2D eigenvalue weighted by molar-refractivity contribution is 0.112. The van der Waals surface area contributed by atoms with Gasteiger partial charge in [-0.25, -0.2) is 14.1 Å². The van der Waals surface area contributed by atoms with E-state index in [9.17, 15) is 4.39 Å². The Kier molecular flexibility index (Phi) is 5.32. The molecule has 0 bridgehead atoms. The predicted octanol–water partition coefficient (Wildman–Crippen LogP) is 5.70. The van der Waals surface area contributed by atoms with E-state index in [-0.39, 0.29) is 11.1 Å². The van der Waals surface area contributed by atoms with E-state index < -0.39 is 5.82 Å². The molecule has 0 radical (unpaired) electrons. The molecule has 0 saturated carbocycles. The molecular formula is C19H18Cl2FN3O. The number of halogens is 3. The van der Waals surface area contributed by atoms with Crippen LogP contribution in [0.25, 0.3) is 17.1 Å². The predicted molar refractivity (Wildman–Crippen MR) is 102 cm³/mol. The topological polar surface area (TPSA) is 39.9 Å². The number of ether oxygens (including phenoxy) is 1. The zero-order chi connectivity index (χ0) is 19.0. The van der Waals surface area contributed by atoms with Gasteiger partial charge >= 0.3 is 0 Å². The largest absolute Gasteiger partial charge is 0.374 e. The van der Waals surface area contributed by atoms with Crippen LogP contribution in [-0.4, -0.2) is 21.9 Å². The number of nitrogens with zero attached hydrogens (tertiary/aromatic N) is 3. The summed E-state index contributed by atoms with van der Waals surface area (Å²) < 4.78 is 20.9. The zero-order valence-corrected chi connectivity index (χ0v) is 16.4. The van der Waals surface area contributed by atoms with Gasteiger partial charge in [-0.2, -0.15) is 0 Å². The quantitative estimate of drug-likeness (QED) is 0.570. The molecule has 0 amide bonds. The van der Waals surface area contributed by atoms with Gasteiger partial charge in [-0.3, -0.25) is 0 Å². The summed E-state index contributed by atoms with van der Waals surface area (Å²) in [5, 5.41) is 5.27. The second kappa shape index (κ2) is 7.35. The summed E-state index contributed by atoms with van der Waals surface area (Å²) in [4.78, 5) is 4.64. The van der Waals surface area contributed by atoms with Crippen LogP contribution in [0.1, 0.15) is 30.0 Å². The van der Waals surface area contributed by atoms with Gasteiger partial charge in [0, 0.05) is 23.8 Å². The van der Waals surface area contributed by atoms with Crippen LogP contribution < -0.4 is 0 Å². The minimum Gasteiger partial charge on any atom is -0.374 e. The van der Waals surface area contributed by atoms with Crippen LogP contribution in [0.3, 0.4) is 0 Å². The maximum atomic E-state index is 14.0. The minimum absolute atomic E-state index is 0.0550. The fourth-order valence-electron chi connectivity index (χ4n) is 2.60. The van der Waals surface area contributed by atoms with Gasteiger partial charge in [-0.15, -0.1) is 5.10 Å². The molecule has 1 aromatic heterocycles. The van der Waals surface area contributed by atoms with Crippen molar-refractivity contribution >= 4 is 23.2 Å². The molecule has 3 aromatic rings. The Morgan fingerprint density at radius 1 is 1.08 bits per heavy atom. The lowest BCUT2D eigenvalue weighted by Crippen LogP contribution is -2.03. The highest BCUT2D eigenvalue weighted by atomic mass is 35.5. The molecule has 0 fully saturated rings. The standard InChI is InChI=1S/C19H18Cl2FN3O/c1-10-8-16(21)11(2)7-14(10)19-23-18(12(3)26-4)24-25(19)13-5-6-15(20)17(22)9-13/h5-9,12H,1-4H3. The van der Waals surface area contributed by atoms with E-state index in [1.54, 1.807) is 17.9 Å². The van der Waals surface area contributed by atoms with Crippen molar-refractivity contribution in [2.75, 3.05) is 7.11 Å². The van der Waals surface area contributed by atoms with Crippen LogP contribution in [-0.2, 0) is 4.74 Å². The van der Waals surface area contributed by atoms with Crippen LogP contribution in [0.2, 0.25) is 10.0 Å². The number of hydrogen-bond donors (Lipinski definition) is 0. The molecule has 26 heavy (non-hydrogen) atoms. The Morgan fingerprint density at radius 2 is 1.81 bits per heavy atom. The van der Waals surface area contributed by atoms with Gasteiger partial charge in [0.25, 0.3) is 0 Å². The third-order valence-corrected chi connectivity index (χ3v) is 4.95. The van der Waals surface area contributed by atoms with Crippen molar-refractivity contribution in [2.45, 2.75) is 26.9 Å². The molecule has 0 aliphatic carbocycles. The molecule has 0 saturated heterocycles. The van der Waals surface area contributed by atoms with Crippen molar-refractivity contribution in [3.05, 3.63) is 63.1 Å². The fraction of sp³-hybridized carbons (Fsp3) is 0.263. The highest BCUT2D eigenvalue weighted by Gasteiger charge is 2.20. The summed E-state index contributed by atoms with van der Waals surface area (Å²) in [6.45, 7) is 5.72. The molecule has 0 spiro atoms. The fourth-order valence-corrected chi connectivity index (χ4v) is 2.93. The van der Waals surface area contributed by atoms with E-state index >= 15 is 0 Å². The van der Waals surface area contributed by atoms with Gasteiger partial charge in [0.2, 0.25) is 0 Å². The molecule has 4 nitrogen and oxygen atoms in total. The number of benzene rings is 2. The number of rotatable bonds is 4. The van der Waals surface area contributed by atoms with Crippen molar-refractivity contribution in [1.29, 1.82) is 0 Å². The SMILES string of the molecule is COC(C)c1nc(-c2cc(C)c(Cl)cc2C)n(-c2ccc(Cl)c(F)c2)n1. The minimum atomic E-state index is -0.518. The molecule has 0 N–H and O–H groups in total. The summed E-state index contributed by atoms with van der Waals surface area (Å²) in [5.41, 5.74) is 3.26. The molecule has 7 heteroatoms. The van der Waals surface area contributed by atoms with Gasteiger partial charge in [-0.05, 0) is 56.2 Å². The third kappa shape index (κ3) is 3.47. The molecule has 3 rings (SSSR count). The number of methoxy groups -OCH3 is 1. The van der Waals surface area contributed by atoms with E-state index in [1.165, 1.54) is 12.1 Å². The first-order valence-electron chi connectivity index (χ1n) is 8.04. The number of aryl methyl sites for hydroxylation is 2. The average molecular weight is 394 g/mol. The zero-order valence-electron chi connectivity index (χ0n) is 14.8. The first kappa shape index (κ1) is 18.8. The summed E-state index contributed by atoms with van der Waals surface area (Å²) >= 11 is 12.0. The lowest BCUT2D eigenvalue weighted by Gasteiger charge is -2.10. The van der Waals surface area contributed by atoms with E-state index in [0.29, 0.717) is 22.4 Å². The van der Waals surface area contributed by atoms with Gasteiger partial charge in [0.15, 0.2) is 11.6 Å². The monoisotopic (exact) mass is 393 g/mol. The summed E-state index contributed by atoms with van der Waals surface area (Å²) in [6.07, 6.45) is -0.305. The van der Waals surface area contributed by atoms with Crippen molar-refractivity contribution < 1.29 is 9.13 Å². The molecular weight excluding hydrogens is 376 g/mol. The van der Waals surface area contributed by atoms with Gasteiger partial charge < -0.3 is 4.74 Å². The van der Waals surface area contributed by atoms with E-state index in [1.807, 2.05) is 32.9 Å². The van der Waals surface area contributed by atoms with Crippen LogP contribution in [0.4, 0.5) is 4.39 Å². The smallest absolute Gasteiger partial charge is 0.180 e. The second-order valence-electron chi connectivity index (χ2n) is 6.10. The van der Waals surface area contributed by atoms with Crippen LogP contribution in [0.5, 0.6) is 0 Å². The Morgan fingerprint density at radius 3 is 2.46 bits per heavy atom. The first-order valence-corrected chi connectivity index (χ1v) is 8.79. The third-order valence-electron chi connectivity index (χ3n) is 4.23. The van der Waals surface area contributed by atoms with Crippen molar-refractivity contribution in [1.82, 2.24) is 14.8 Å². The van der Waals surface area contributed by atoms with Crippen molar-refractivity contribution in [3.63, 3.8) is 0 Å². The summed E-state index contributed by atoms with van der Waals surface area (Å²) in [5.74, 6) is 0.573.